The molecule has 0 aliphatic carbocycles. The smallest absolute Gasteiger partial charge is 0.149 e. The quantitative estimate of drug-likeness (QED) is 0.916. The number of hydrogen-bond donors (Lipinski definition) is 1. The van der Waals surface area contributed by atoms with Crippen LogP contribution in [0.25, 0.3) is 0 Å². The summed E-state index contributed by atoms with van der Waals surface area (Å²) in [6.45, 7) is 3.21. The molecule has 1 aliphatic rings. The summed E-state index contributed by atoms with van der Waals surface area (Å²) in [5.74, 6) is -1.11. The summed E-state index contributed by atoms with van der Waals surface area (Å²) in [4.78, 5) is 1.72. The first-order valence-corrected chi connectivity index (χ1v) is 6.47. The van der Waals surface area contributed by atoms with Crippen LogP contribution in [-0.2, 0) is 11.3 Å². The minimum atomic E-state index is -0.555. The Bertz CT molecular complexity index is 444. The van der Waals surface area contributed by atoms with Crippen LogP contribution in [0.3, 0.4) is 0 Å². The predicted molar refractivity (Wildman–Crippen MR) is 71.1 cm³/mol. The Morgan fingerprint density at radius 3 is 2.53 bits per heavy atom. The van der Waals surface area contributed by atoms with Crippen molar-refractivity contribution in [3.05, 3.63) is 29.3 Å². The van der Waals surface area contributed by atoms with Gasteiger partial charge in [0.2, 0.25) is 0 Å². The molecule has 1 saturated heterocycles. The molecule has 2 N–H and O–H groups in total. The fourth-order valence-corrected chi connectivity index (χ4v) is 2.60. The largest absolute Gasteiger partial charge is 0.377 e. The summed E-state index contributed by atoms with van der Waals surface area (Å²) >= 11 is 0. The summed E-state index contributed by atoms with van der Waals surface area (Å²) in [6.07, 6.45) is 1.74. The van der Waals surface area contributed by atoms with E-state index in [1.54, 1.807) is 12.0 Å². The third-order valence-corrected chi connectivity index (χ3v) is 3.78. The van der Waals surface area contributed by atoms with Crippen LogP contribution < -0.4 is 10.6 Å². The number of piperidine rings is 1. The summed E-state index contributed by atoms with van der Waals surface area (Å²) in [7, 11) is 1.63. The molecule has 1 atom stereocenters. The number of benzene rings is 1. The van der Waals surface area contributed by atoms with E-state index in [9.17, 15) is 8.78 Å². The fourth-order valence-electron chi connectivity index (χ4n) is 2.60. The molecule has 5 heteroatoms. The molecule has 0 bridgehead atoms. The first-order valence-electron chi connectivity index (χ1n) is 6.47. The molecule has 1 unspecified atom stereocenters. The second-order valence-corrected chi connectivity index (χ2v) is 5.29. The lowest BCUT2D eigenvalue weighted by atomic mass is 9.94. The molecule has 0 spiro atoms. The zero-order chi connectivity index (χ0) is 14.0. The monoisotopic (exact) mass is 270 g/mol. The maximum atomic E-state index is 14.1. The molecule has 1 heterocycles. The van der Waals surface area contributed by atoms with Crippen LogP contribution in [0, 0.1) is 11.6 Å². The van der Waals surface area contributed by atoms with E-state index < -0.39 is 11.6 Å². The van der Waals surface area contributed by atoms with E-state index in [1.165, 1.54) is 12.1 Å². The number of rotatable bonds is 3. The van der Waals surface area contributed by atoms with Crippen molar-refractivity contribution in [1.29, 1.82) is 0 Å². The van der Waals surface area contributed by atoms with Gasteiger partial charge in [0, 0.05) is 26.7 Å². The second-order valence-electron chi connectivity index (χ2n) is 5.29. The van der Waals surface area contributed by atoms with Crippen LogP contribution in [0.2, 0.25) is 0 Å². The maximum absolute atomic E-state index is 14.1. The van der Waals surface area contributed by atoms with Crippen molar-refractivity contribution in [3.8, 4) is 0 Å². The van der Waals surface area contributed by atoms with E-state index in [-0.39, 0.29) is 17.8 Å². The fraction of sp³-hybridized carbons (Fsp3) is 0.571. The summed E-state index contributed by atoms with van der Waals surface area (Å²) < 4.78 is 33.6. The van der Waals surface area contributed by atoms with Gasteiger partial charge in [0.15, 0.2) is 0 Å². The molecular weight excluding hydrogens is 250 g/mol. The molecule has 1 aromatic carbocycles. The van der Waals surface area contributed by atoms with Gasteiger partial charge in [-0.3, -0.25) is 0 Å². The zero-order valence-corrected chi connectivity index (χ0v) is 11.4. The van der Waals surface area contributed by atoms with E-state index in [1.807, 2.05) is 6.92 Å². The average Bonchev–Trinajstić information content (AvgIpc) is 2.38. The lowest BCUT2D eigenvalue weighted by Gasteiger charge is -2.40. The number of nitrogens with two attached hydrogens (primary N) is 1. The molecule has 0 amide bonds. The molecule has 1 aliphatic heterocycles. The third kappa shape index (κ3) is 2.87. The highest BCUT2D eigenvalue weighted by molar-refractivity contribution is 5.51. The van der Waals surface area contributed by atoms with E-state index in [0.29, 0.717) is 18.7 Å². The van der Waals surface area contributed by atoms with Gasteiger partial charge < -0.3 is 15.4 Å². The van der Waals surface area contributed by atoms with Gasteiger partial charge in [-0.2, -0.15) is 0 Å². The van der Waals surface area contributed by atoms with Crippen LogP contribution in [0.4, 0.5) is 14.5 Å². The molecule has 0 aromatic heterocycles. The minimum Gasteiger partial charge on any atom is -0.377 e. The van der Waals surface area contributed by atoms with E-state index in [4.69, 9.17) is 10.5 Å². The van der Waals surface area contributed by atoms with Gasteiger partial charge in [0.25, 0.3) is 0 Å². The van der Waals surface area contributed by atoms with Gasteiger partial charge in [0.05, 0.1) is 5.60 Å². The Morgan fingerprint density at radius 2 is 2.00 bits per heavy atom. The van der Waals surface area contributed by atoms with Gasteiger partial charge in [-0.05, 0) is 37.5 Å². The Labute approximate surface area is 112 Å². The number of halogens is 2. The molecular formula is C14H20F2N2O. The van der Waals surface area contributed by atoms with Gasteiger partial charge in [0.1, 0.15) is 17.3 Å². The van der Waals surface area contributed by atoms with Crippen molar-refractivity contribution in [2.24, 2.45) is 5.73 Å². The minimum absolute atomic E-state index is 0.0279. The second kappa shape index (κ2) is 5.43. The lowest BCUT2D eigenvalue weighted by molar-refractivity contribution is -0.00489. The van der Waals surface area contributed by atoms with Crippen molar-refractivity contribution >= 4 is 5.69 Å². The molecule has 2 rings (SSSR count). The standard InChI is InChI=1S/C14H20F2N2O/c1-14(19-2)4-3-5-18(9-14)13-11(15)6-10(8-17)7-12(13)16/h6-7H,3-5,8-9,17H2,1-2H3. The number of methoxy groups -OCH3 is 1. The number of ether oxygens (including phenoxy) is 1. The van der Waals surface area contributed by atoms with E-state index in [2.05, 4.69) is 0 Å². The Morgan fingerprint density at radius 1 is 1.37 bits per heavy atom. The van der Waals surface area contributed by atoms with Crippen molar-refractivity contribution in [3.63, 3.8) is 0 Å². The molecule has 19 heavy (non-hydrogen) atoms. The van der Waals surface area contributed by atoms with Gasteiger partial charge >= 0.3 is 0 Å². The topological polar surface area (TPSA) is 38.5 Å². The Hall–Kier alpha value is -1.20. The number of anilines is 1. The molecule has 1 aromatic rings. The van der Waals surface area contributed by atoms with Crippen LogP contribution in [0.15, 0.2) is 12.1 Å². The molecule has 0 radical (unpaired) electrons. The van der Waals surface area contributed by atoms with Crippen molar-refractivity contribution < 1.29 is 13.5 Å². The maximum Gasteiger partial charge on any atom is 0.149 e. The molecule has 106 valence electrons. The van der Waals surface area contributed by atoms with E-state index in [0.717, 1.165) is 12.8 Å². The lowest BCUT2D eigenvalue weighted by Crippen LogP contribution is -2.48. The van der Waals surface area contributed by atoms with Crippen LogP contribution in [0.1, 0.15) is 25.3 Å². The highest BCUT2D eigenvalue weighted by Gasteiger charge is 2.33. The average molecular weight is 270 g/mol. The number of nitrogens with zero attached hydrogens (tertiary/aromatic N) is 1. The van der Waals surface area contributed by atoms with Gasteiger partial charge in [-0.15, -0.1) is 0 Å². The zero-order valence-electron chi connectivity index (χ0n) is 11.4. The van der Waals surface area contributed by atoms with Crippen molar-refractivity contribution in [2.75, 3.05) is 25.1 Å². The number of hydrogen-bond acceptors (Lipinski definition) is 3. The van der Waals surface area contributed by atoms with Crippen LogP contribution in [-0.4, -0.2) is 25.8 Å². The van der Waals surface area contributed by atoms with Crippen molar-refractivity contribution in [2.45, 2.75) is 31.9 Å². The molecule has 1 fully saturated rings. The highest BCUT2D eigenvalue weighted by atomic mass is 19.1. The first kappa shape index (κ1) is 14.2. The van der Waals surface area contributed by atoms with Crippen molar-refractivity contribution in [1.82, 2.24) is 0 Å². The first-order chi connectivity index (χ1) is 8.99. The normalized spacial score (nSPS) is 23.7. The summed E-state index contributed by atoms with van der Waals surface area (Å²) in [6, 6.07) is 2.61. The molecule has 0 saturated carbocycles. The van der Waals surface area contributed by atoms with Crippen LogP contribution >= 0.6 is 0 Å². The van der Waals surface area contributed by atoms with E-state index >= 15 is 0 Å². The summed E-state index contributed by atoms with van der Waals surface area (Å²) in [5.41, 5.74) is 5.55. The SMILES string of the molecule is COC1(C)CCCN(c2c(F)cc(CN)cc2F)C1. The predicted octanol–water partition coefficient (Wildman–Crippen LogP) is 2.43. The Kier molecular flexibility index (Phi) is 4.06. The third-order valence-electron chi connectivity index (χ3n) is 3.78. The van der Waals surface area contributed by atoms with Gasteiger partial charge in [-0.25, -0.2) is 8.78 Å². The summed E-state index contributed by atoms with van der Waals surface area (Å²) in [5, 5.41) is 0. The van der Waals surface area contributed by atoms with Crippen LogP contribution in [0.5, 0.6) is 0 Å². The van der Waals surface area contributed by atoms with Gasteiger partial charge in [-0.1, -0.05) is 0 Å². The highest BCUT2D eigenvalue weighted by Crippen LogP contribution is 2.31. The molecule has 3 nitrogen and oxygen atoms in total. The Balaban J connectivity index is 2.31.